The number of aryl methyl sites for hydroxylation is 1. The van der Waals surface area contributed by atoms with Crippen molar-refractivity contribution in [2.45, 2.75) is 24.3 Å². The lowest BCUT2D eigenvalue weighted by atomic mass is 10.1. The van der Waals surface area contributed by atoms with Gasteiger partial charge in [0.15, 0.2) is 0 Å². The van der Waals surface area contributed by atoms with Gasteiger partial charge in [-0.25, -0.2) is 0 Å². The van der Waals surface area contributed by atoms with Gasteiger partial charge in [-0.2, -0.15) is 13.2 Å². The van der Waals surface area contributed by atoms with Crippen LogP contribution in [0.2, 0.25) is 0 Å². The molecule has 1 amide bonds. The van der Waals surface area contributed by atoms with Crippen molar-refractivity contribution in [1.29, 1.82) is 0 Å². The lowest BCUT2D eigenvalue weighted by Gasteiger charge is -2.11. The molecule has 0 bridgehead atoms. The first-order chi connectivity index (χ1) is 10.3. The first-order valence-corrected chi connectivity index (χ1v) is 7.31. The van der Waals surface area contributed by atoms with E-state index in [0.29, 0.717) is 11.3 Å². The van der Waals surface area contributed by atoms with Crippen LogP contribution in [-0.2, 0) is 0 Å². The SMILES string of the molecule is Cc1cccc(NC(=O)c2ccc(SC(F)(F)F)cc2)c1C. The molecule has 116 valence electrons. The first kappa shape index (κ1) is 16.4. The average molecular weight is 325 g/mol. The Labute approximate surface area is 130 Å². The van der Waals surface area contributed by atoms with E-state index < -0.39 is 5.51 Å². The minimum Gasteiger partial charge on any atom is -0.322 e. The van der Waals surface area contributed by atoms with Gasteiger partial charge in [-0.3, -0.25) is 4.79 Å². The molecule has 0 fully saturated rings. The highest BCUT2D eigenvalue weighted by Gasteiger charge is 2.29. The van der Waals surface area contributed by atoms with Crippen molar-refractivity contribution in [3.8, 4) is 0 Å². The summed E-state index contributed by atoms with van der Waals surface area (Å²) in [4.78, 5) is 12.2. The molecule has 0 aliphatic carbocycles. The van der Waals surface area contributed by atoms with Crippen LogP contribution in [0.4, 0.5) is 18.9 Å². The zero-order valence-electron chi connectivity index (χ0n) is 12.0. The number of hydrogen-bond acceptors (Lipinski definition) is 2. The summed E-state index contributed by atoms with van der Waals surface area (Å²) in [6.07, 6.45) is 0. The third-order valence-electron chi connectivity index (χ3n) is 3.20. The van der Waals surface area contributed by atoms with E-state index in [1.54, 1.807) is 6.07 Å². The Bertz CT molecular complexity index is 681. The normalized spacial score (nSPS) is 11.3. The van der Waals surface area contributed by atoms with Gasteiger partial charge >= 0.3 is 5.51 Å². The van der Waals surface area contributed by atoms with E-state index in [1.807, 2.05) is 26.0 Å². The molecule has 2 aromatic rings. The summed E-state index contributed by atoms with van der Waals surface area (Å²) in [6.45, 7) is 3.84. The largest absolute Gasteiger partial charge is 0.446 e. The smallest absolute Gasteiger partial charge is 0.322 e. The van der Waals surface area contributed by atoms with Crippen LogP contribution in [0.3, 0.4) is 0 Å². The molecular weight excluding hydrogens is 311 g/mol. The van der Waals surface area contributed by atoms with E-state index in [0.717, 1.165) is 11.1 Å². The maximum Gasteiger partial charge on any atom is 0.446 e. The minimum absolute atomic E-state index is 0.0517. The van der Waals surface area contributed by atoms with E-state index in [9.17, 15) is 18.0 Å². The van der Waals surface area contributed by atoms with Gasteiger partial charge in [0.25, 0.3) is 5.91 Å². The molecule has 22 heavy (non-hydrogen) atoms. The molecule has 0 aliphatic heterocycles. The molecule has 0 saturated carbocycles. The number of anilines is 1. The number of rotatable bonds is 3. The number of nitrogens with one attached hydrogen (secondary N) is 1. The Morgan fingerprint density at radius 1 is 1.05 bits per heavy atom. The van der Waals surface area contributed by atoms with Gasteiger partial charge in [0.05, 0.1) is 0 Å². The monoisotopic (exact) mass is 325 g/mol. The molecule has 0 aromatic heterocycles. The van der Waals surface area contributed by atoms with Gasteiger partial charge in [0.2, 0.25) is 0 Å². The molecule has 1 N–H and O–H groups in total. The lowest BCUT2D eigenvalue weighted by Crippen LogP contribution is -2.13. The fraction of sp³-hybridized carbons (Fsp3) is 0.188. The minimum atomic E-state index is -4.33. The fourth-order valence-corrected chi connectivity index (χ4v) is 2.43. The zero-order valence-corrected chi connectivity index (χ0v) is 12.8. The number of carbonyl (C=O) groups is 1. The number of benzene rings is 2. The van der Waals surface area contributed by atoms with Gasteiger partial charge in [-0.15, -0.1) is 0 Å². The lowest BCUT2D eigenvalue weighted by molar-refractivity contribution is -0.0328. The quantitative estimate of drug-likeness (QED) is 0.789. The van der Waals surface area contributed by atoms with Crippen molar-refractivity contribution in [2.24, 2.45) is 0 Å². The second kappa shape index (κ2) is 6.44. The van der Waals surface area contributed by atoms with Crippen LogP contribution in [0, 0.1) is 13.8 Å². The average Bonchev–Trinajstić information content (AvgIpc) is 2.43. The van der Waals surface area contributed by atoms with Crippen molar-refractivity contribution in [3.05, 3.63) is 59.2 Å². The Morgan fingerprint density at radius 3 is 2.27 bits per heavy atom. The molecule has 0 unspecified atom stereocenters. The summed E-state index contributed by atoms with van der Waals surface area (Å²) in [7, 11) is 0. The van der Waals surface area contributed by atoms with Crippen LogP contribution >= 0.6 is 11.8 Å². The summed E-state index contributed by atoms with van der Waals surface area (Å²) in [5, 5.41) is 2.77. The Hall–Kier alpha value is -1.95. The third kappa shape index (κ3) is 4.27. The number of hydrogen-bond donors (Lipinski definition) is 1. The number of amides is 1. The molecular formula is C16H14F3NOS. The molecule has 0 radical (unpaired) electrons. The van der Waals surface area contributed by atoms with Crippen LogP contribution in [-0.4, -0.2) is 11.4 Å². The number of thioether (sulfide) groups is 1. The van der Waals surface area contributed by atoms with Gasteiger partial charge < -0.3 is 5.32 Å². The molecule has 0 heterocycles. The highest BCUT2D eigenvalue weighted by atomic mass is 32.2. The summed E-state index contributed by atoms with van der Waals surface area (Å²) in [5.41, 5.74) is -1.32. The number of alkyl halides is 3. The third-order valence-corrected chi connectivity index (χ3v) is 3.94. The Balaban J connectivity index is 2.12. The predicted octanol–water partition coefficient (Wildman–Crippen LogP) is 5.17. The van der Waals surface area contributed by atoms with Crippen molar-refractivity contribution in [3.63, 3.8) is 0 Å². The standard InChI is InChI=1S/C16H14F3NOS/c1-10-4-3-5-14(11(10)2)20-15(21)12-6-8-13(9-7-12)22-16(17,18)19/h3-9H,1-2H3,(H,20,21). The highest BCUT2D eigenvalue weighted by Crippen LogP contribution is 2.36. The fourth-order valence-electron chi connectivity index (χ4n) is 1.89. The van der Waals surface area contributed by atoms with Gasteiger partial charge in [-0.1, -0.05) is 12.1 Å². The van der Waals surface area contributed by atoms with E-state index >= 15 is 0 Å². The van der Waals surface area contributed by atoms with Crippen LogP contribution < -0.4 is 5.32 Å². The van der Waals surface area contributed by atoms with E-state index in [4.69, 9.17) is 0 Å². The summed E-state index contributed by atoms with van der Waals surface area (Å²) >= 11 is -0.202. The molecule has 0 aliphatic rings. The van der Waals surface area contributed by atoms with Crippen molar-refractivity contribution in [1.82, 2.24) is 0 Å². The van der Waals surface area contributed by atoms with Crippen molar-refractivity contribution < 1.29 is 18.0 Å². The maximum absolute atomic E-state index is 12.3. The van der Waals surface area contributed by atoms with Gasteiger partial charge in [-0.05, 0) is 67.1 Å². The Kier molecular flexibility index (Phi) is 4.81. The summed E-state index contributed by atoms with van der Waals surface area (Å²) in [6, 6.07) is 10.9. The highest BCUT2D eigenvalue weighted by molar-refractivity contribution is 8.00. The molecule has 2 aromatic carbocycles. The first-order valence-electron chi connectivity index (χ1n) is 6.49. The maximum atomic E-state index is 12.3. The van der Waals surface area contributed by atoms with Crippen molar-refractivity contribution in [2.75, 3.05) is 5.32 Å². The van der Waals surface area contributed by atoms with E-state index in [2.05, 4.69) is 5.32 Å². The van der Waals surface area contributed by atoms with Crippen molar-refractivity contribution >= 4 is 23.4 Å². The topological polar surface area (TPSA) is 29.1 Å². The molecule has 6 heteroatoms. The molecule has 2 nitrogen and oxygen atoms in total. The molecule has 0 spiro atoms. The molecule has 2 rings (SSSR count). The Morgan fingerprint density at radius 2 is 1.68 bits per heavy atom. The number of carbonyl (C=O) groups excluding carboxylic acids is 1. The van der Waals surface area contributed by atoms with Crippen LogP contribution in [0.5, 0.6) is 0 Å². The van der Waals surface area contributed by atoms with E-state index in [1.165, 1.54) is 24.3 Å². The van der Waals surface area contributed by atoms with Crippen LogP contribution in [0.1, 0.15) is 21.5 Å². The predicted molar refractivity (Wildman–Crippen MR) is 82.2 cm³/mol. The molecule has 0 saturated heterocycles. The van der Waals surface area contributed by atoms with Gasteiger partial charge in [0.1, 0.15) is 0 Å². The summed E-state index contributed by atoms with van der Waals surface area (Å²) < 4.78 is 36.8. The second-order valence-corrected chi connectivity index (χ2v) is 5.91. The van der Waals surface area contributed by atoms with Gasteiger partial charge in [0, 0.05) is 16.1 Å². The molecule has 0 atom stereocenters. The second-order valence-electron chi connectivity index (χ2n) is 4.77. The number of halogens is 3. The van der Waals surface area contributed by atoms with Crippen LogP contribution in [0.25, 0.3) is 0 Å². The van der Waals surface area contributed by atoms with E-state index in [-0.39, 0.29) is 22.6 Å². The van der Waals surface area contributed by atoms with Crippen LogP contribution in [0.15, 0.2) is 47.4 Å². The zero-order chi connectivity index (χ0) is 16.3. The summed E-state index contributed by atoms with van der Waals surface area (Å²) in [5.74, 6) is -0.350.